The molecule has 7 heteroatoms. The van der Waals surface area contributed by atoms with Gasteiger partial charge in [0.15, 0.2) is 0 Å². The highest BCUT2D eigenvalue weighted by molar-refractivity contribution is 5.97. The van der Waals surface area contributed by atoms with E-state index in [0.29, 0.717) is 17.0 Å². The van der Waals surface area contributed by atoms with Crippen molar-refractivity contribution in [1.29, 1.82) is 0 Å². The summed E-state index contributed by atoms with van der Waals surface area (Å²) >= 11 is 0. The number of pyridine rings is 1. The SMILES string of the molecule is Cc1cccc(N2CCN(CCC(C)NC(=O)c3ccc(C(=O)N(C)C)nc3C)CC2)c1. The first-order valence-electron chi connectivity index (χ1n) is 11.3. The minimum Gasteiger partial charge on any atom is -0.369 e. The van der Waals surface area contributed by atoms with Gasteiger partial charge in [-0.05, 0) is 57.0 Å². The molecular weight excluding hydrogens is 402 g/mol. The fraction of sp³-hybridized carbons (Fsp3) is 0.480. The number of nitrogens with zero attached hydrogens (tertiary/aromatic N) is 4. The molecule has 0 aliphatic carbocycles. The molecule has 0 bridgehead atoms. The van der Waals surface area contributed by atoms with Gasteiger partial charge in [-0.15, -0.1) is 0 Å². The number of piperazine rings is 1. The van der Waals surface area contributed by atoms with E-state index in [4.69, 9.17) is 0 Å². The van der Waals surface area contributed by atoms with Crippen LogP contribution in [-0.2, 0) is 0 Å². The molecular formula is C25H35N5O2. The summed E-state index contributed by atoms with van der Waals surface area (Å²) in [7, 11) is 3.37. The first kappa shape index (κ1) is 23.7. The third-order valence-corrected chi connectivity index (χ3v) is 5.95. The van der Waals surface area contributed by atoms with E-state index in [-0.39, 0.29) is 17.9 Å². The smallest absolute Gasteiger partial charge is 0.271 e. The van der Waals surface area contributed by atoms with Crippen molar-refractivity contribution < 1.29 is 9.59 Å². The van der Waals surface area contributed by atoms with Crippen LogP contribution < -0.4 is 10.2 Å². The Hall–Kier alpha value is -2.93. The topological polar surface area (TPSA) is 68.8 Å². The molecule has 2 aromatic rings. The maximum absolute atomic E-state index is 12.7. The number of rotatable bonds is 7. The van der Waals surface area contributed by atoms with Gasteiger partial charge in [-0.2, -0.15) is 0 Å². The molecule has 1 atom stereocenters. The summed E-state index contributed by atoms with van der Waals surface area (Å²) in [6, 6.07) is 12.0. The maximum Gasteiger partial charge on any atom is 0.271 e. The van der Waals surface area contributed by atoms with Crippen molar-refractivity contribution in [3.8, 4) is 0 Å². The molecule has 7 nitrogen and oxygen atoms in total. The number of carbonyl (C=O) groups is 2. The van der Waals surface area contributed by atoms with E-state index < -0.39 is 0 Å². The van der Waals surface area contributed by atoms with Crippen LogP contribution in [0.4, 0.5) is 5.69 Å². The zero-order chi connectivity index (χ0) is 23.3. The normalized spacial score (nSPS) is 15.3. The van der Waals surface area contributed by atoms with E-state index in [9.17, 15) is 9.59 Å². The van der Waals surface area contributed by atoms with Crippen LogP contribution in [0.15, 0.2) is 36.4 Å². The van der Waals surface area contributed by atoms with Crippen LogP contribution in [0.25, 0.3) is 0 Å². The van der Waals surface area contributed by atoms with Crippen molar-refractivity contribution in [2.75, 3.05) is 51.7 Å². The first-order chi connectivity index (χ1) is 15.2. The average Bonchev–Trinajstić information content (AvgIpc) is 2.77. The standard InChI is InChI=1S/C25H35N5O2/c1-18-7-6-8-21(17-18)30-15-13-29(14-16-30)12-11-19(2)26-24(31)22-9-10-23(27-20(22)3)25(32)28(4)5/h6-10,17,19H,11-16H2,1-5H3,(H,26,31). The lowest BCUT2D eigenvalue weighted by Crippen LogP contribution is -2.47. The number of anilines is 1. The van der Waals surface area contributed by atoms with E-state index in [1.807, 2.05) is 6.92 Å². The number of hydrogen-bond donors (Lipinski definition) is 1. The fourth-order valence-corrected chi connectivity index (χ4v) is 3.95. The lowest BCUT2D eigenvalue weighted by Gasteiger charge is -2.36. The Morgan fingerprint density at radius 2 is 1.81 bits per heavy atom. The van der Waals surface area contributed by atoms with Crippen LogP contribution in [0, 0.1) is 13.8 Å². The van der Waals surface area contributed by atoms with Crippen LogP contribution in [0.1, 0.15) is 45.4 Å². The van der Waals surface area contributed by atoms with Crippen LogP contribution >= 0.6 is 0 Å². The Labute approximate surface area is 191 Å². The number of carbonyl (C=O) groups excluding carboxylic acids is 2. The molecule has 0 spiro atoms. The van der Waals surface area contributed by atoms with Gasteiger partial charge in [0.1, 0.15) is 5.69 Å². The first-order valence-corrected chi connectivity index (χ1v) is 11.3. The molecule has 32 heavy (non-hydrogen) atoms. The second kappa shape index (κ2) is 10.6. The molecule has 1 unspecified atom stereocenters. The van der Waals surface area contributed by atoms with Crippen molar-refractivity contribution in [3.05, 3.63) is 58.9 Å². The van der Waals surface area contributed by atoms with Gasteiger partial charge in [0, 0.05) is 58.5 Å². The predicted molar refractivity (Wildman–Crippen MR) is 128 cm³/mol. The molecule has 0 saturated carbocycles. The van der Waals surface area contributed by atoms with E-state index in [1.54, 1.807) is 33.2 Å². The van der Waals surface area contributed by atoms with E-state index in [0.717, 1.165) is 39.1 Å². The van der Waals surface area contributed by atoms with Crippen molar-refractivity contribution in [3.63, 3.8) is 0 Å². The lowest BCUT2D eigenvalue weighted by molar-refractivity contribution is 0.0820. The van der Waals surface area contributed by atoms with E-state index in [2.05, 4.69) is 51.3 Å². The summed E-state index contributed by atoms with van der Waals surface area (Å²) in [5, 5.41) is 3.08. The minimum absolute atomic E-state index is 0.0554. The van der Waals surface area contributed by atoms with Crippen molar-refractivity contribution in [2.24, 2.45) is 0 Å². The largest absolute Gasteiger partial charge is 0.369 e. The molecule has 3 rings (SSSR count). The Morgan fingerprint density at radius 1 is 1.09 bits per heavy atom. The highest BCUT2D eigenvalue weighted by Crippen LogP contribution is 2.18. The number of nitrogens with one attached hydrogen (secondary N) is 1. The van der Waals surface area contributed by atoms with Crippen molar-refractivity contribution in [1.82, 2.24) is 20.1 Å². The number of aromatic nitrogens is 1. The van der Waals surface area contributed by atoms with Gasteiger partial charge in [-0.3, -0.25) is 14.5 Å². The fourth-order valence-electron chi connectivity index (χ4n) is 3.95. The molecule has 1 aromatic carbocycles. The number of aryl methyl sites for hydroxylation is 2. The minimum atomic E-state index is -0.170. The Morgan fingerprint density at radius 3 is 2.44 bits per heavy atom. The Bertz CT molecular complexity index is 951. The summed E-state index contributed by atoms with van der Waals surface area (Å²) in [6.45, 7) is 11.0. The van der Waals surface area contributed by atoms with Gasteiger partial charge in [-0.1, -0.05) is 12.1 Å². The van der Waals surface area contributed by atoms with Crippen LogP contribution in [0.3, 0.4) is 0 Å². The number of hydrogen-bond acceptors (Lipinski definition) is 5. The number of amides is 2. The van der Waals surface area contributed by atoms with Gasteiger partial charge in [0.25, 0.3) is 11.8 Å². The van der Waals surface area contributed by atoms with E-state index >= 15 is 0 Å². The Balaban J connectivity index is 1.45. The summed E-state index contributed by atoms with van der Waals surface area (Å²) in [4.78, 5) is 35.5. The lowest BCUT2D eigenvalue weighted by atomic mass is 10.1. The molecule has 1 fully saturated rings. The predicted octanol–water partition coefficient (Wildman–Crippen LogP) is 2.73. The molecule has 0 radical (unpaired) electrons. The summed E-state index contributed by atoms with van der Waals surface area (Å²) < 4.78 is 0. The molecule has 1 aliphatic rings. The molecule has 172 valence electrons. The Kier molecular flexibility index (Phi) is 7.85. The van der Waals surface area contributed by atoms with Gasteiger partial charge >= 0.3 is 0 Å². The highest BCUT2D eigenvalue weighted by atomic mass is 16.2. The second-order valence-electron chi connectivity index (χ2n) is 8.86. The van der Waals surface area contributed by atoms with E-state index in [1.165, 1.54) is 16.2 Å². The molecule has 1 N–H and O–H groups in total. The third kappa shape index (κ3) is 6.07. The molecule has 1 saturated heterocycles. The van der Waals surface area contributed by atoms with Crippen LogP contribution in [0.5, 0.6) is 0 Å². The zero-order valence-corrected chi connectivity index (χ0v) is 19.9. The van der Waals surface area contributed by atoms with Gasteiger partial charge in [0.05, 0.1) is 11.3 Å². The molecule has 2 amide bonds. The third-order valence-electron chi connectivity index (χ3n) is 5.95. The monoisotopic (exact) mass is 437 g/mol. The second-order valence-corrected chi connectivity index (χ2v) is 8.86. The van der Waals surface area contributed by atoms with Crippen molar-refractivity contribution in [2.45, 2.75) is 33.2 Å². The van der Waals surface area contributed by atoms with Gasteiger partial charge in [0.2, 0.25) is 0 Å². The molecule has 1 aliphatic heterocycles. The van der Waals surface area contributed by atoms with Crippen LogP contribution in [-0.4, -0.2) is 79.5 Å². The quantitative estimate of drug-likeness (QED) is 0.721. The summed E-state index contributed by atoms with van der Waals surface area (Å²) in [5.41, 5.74) is 4.02. The van der Waals surface area contributed by atoms with Gasteiger partial charge < -0.3 is 15.1 Å². The maximum atomic E-state index is 12.7. The summed E-state index contributed by atoms with van der Waals surface area (Å²) in [5.74, 6) is -0.313. The average molecular weight is 438 g/mol. The van der Waals surface area contributed by atoms with Crippen molar-refractivity contribution >= 4 is 17.5 Å². The summed E-state index contributed by atoms with van der Waals surface area (Å²) in [6.07, 6.45) is 0.889. The molecule has 2 heterocycles. The highest BCUT2D eigenvalue weighted by Gasteiger charge is 2.19. The number of benzene rings is 1. The van der Waals surface area contributed by atoms with Crippen LogP contribution in [0.2, 0.25) is 0 Å². The van der Waals surface area contributed by atoms with Gasteiger partial charge in [-0.25, -0.2) is 4.98 Å². The molecule has 1 aromatic heterocycles. The zero-order valence-electron chi connectivity index (χ0n) is 19.9.